The number of hydrogen-bond acceptors (Lipinski definition) is 5. The van der Waals surface area contributed by atoms with Crippen LogP contribution in [0.4, 0.5) is 5.82 Å². The lowest BCUT2D eigenvalue weighted by atomic mass is 10.0. The first kappa shape index (κ1) is 17.3. The summed E-state index contributed by atoms with van der Waals surface area (Å²) >= 11 is 0. The molecule has 0 atom stereocenters. The number of anilines is 1. The molecule has 0 aliphatic carbocycles. The van der Waals surface area contributed by atoms with E-state index < -0.39 is 11.2 Å². The zero-order valence-corrected chi connectivity index (χ0v) is 14.5. The lowest BCUT2D eigenvalue weighted by molar-refractivity contribution is 0.171. The summed E-state index contributed by atoms with van der Waals surface area (Å²) < 4.78 is 2.38. The molecule has 1 aliphatic heterocycles. The van der Waals surface area contributed by atoms with Crippen LogP contribution in [0.25, 0.3) is 0 Å². The maximum atomic E-state index is 12.2. The van der Waals surface area contributed by atoms with Crippen LogP contribution >= 0.6 is 0 Å². The Balaban J connectivity index is 2.38. The topological polar surface area (TPSA) is 74.3 Å². The molecule has 7 nitrogen and oxygen atoms in total. The van der Waals surface area contributed by atoms with Gasteiger partial charge in [0.15, 0.2) is 5.56 Å². The molecule has 0 unspecified atom stereocenters. The maximum absolute atomic E-state index is 12.2. The molecule has 1 aromatic rings. The summed E-state index contributed by atoms with van der Waals surface area (Å²) in [5, 5.41) is 9.39. The van der Waals surface area contributed by atoms with Crippen LogP contribution in [0.2, 0.25) is 0 Å². The number of nitrogens with zero attached hydrogens (tertiary/aromatic N) is 5. The minimum Gasteiger partial charge on any atom is -0.357 e. The molecule has 0 N–H and O–H groups in total. The van der Waals surface area contributed by atoms with Gasteiger partial charge in [0, 0.05) is 46.3 Å². The Kier molecular flexibility index (Phi) is 4.95. The predicted molar refractivity (Wildman–Crippen MR) is 89.8 cm³/mol. The fourth-order valence-electron chi connectivity index (χ4n) is 3.31. The third-order valence-electron chi connectivity index (χ3n) is 4.86. The van der Waals surface area contributed by atoms with Crippen molar-refractivity contribution in [1.29, 1.82) is 5.26 Å². The highest BCUT2D eigenvalue weighted by atomic mass is 16.2. The van der Waals surface area contributed by atoms with Crippen molar-refractivity contribution >= 4 is 5.82 Å². The highest BCUT2D eigenvalue weighted by Crippen LogP contribution is 2.23. The number of nitriles is 1. The quantitative estimate of drug-likeness (QED) is 0.799. The van der Waals surface area contributed by atoms with E-state index in [4.69, 9.17) is 0 Å². The molecule has 23 heavy (non-hydrogen) atoms. The second kappa shape index (κ2) is 6.59. The zero-order valence-electron chi connectivity index (χ0n) is 14.5. The number of likely N-dealkylation sites (tertiary alicyclic amines) is 1. The SMILES string of the molecule is CC(C)N1CCC(N(C)c2c(C#N)c(=O)n(C)c(=O)n2C)CC1. The van der Waals surface area contributed by atoms with Gasteiger partial charge in [0.05, 0.1) is 0 Å². The molecule has 0 spiro atoms. The van der Waals surface area contributed by atoms with Gasteiger partial charge in [0.2, 0.25) is 0 Å². The second-order valence-corrected chi connectivity index (χ2v) is 6.49. The van der Waals surface area contributed by atoms with Crippen molar-refractivity contribution in [2.45, 2.75) is 38.8 Å². The van der Waals surface area contributed by atoms with E-state index in [9.17, 15) is 14.9 Å². The summed E-state index contributed by atoms with van der Waals surface area (Å²) in [6.07, 6.45) is 1.89. The van der Waals surface area contributed by atoms with Crippen LogP contribution in [-0.4, -0.2) is 46.3 Å². The van der Waals surface area contributed by atoms with Gasteiger partial charge in [0.1, 0.15) is 11.9 Å². The number of hydrogen-bond donors (Lipinski definition) is 0. The van der Waals surface area contributed by atoms with Crippen molar-refractivity contribution in [2.24, 2.45) is 14.1 Å². The van der Waals surface area contributed by atoms with Crippen molar-refractivity contribution in [3.05, 3.63) is 26.4 Å². The maximum Gasteiger partial charge on any atom is 0.332 e. The molecule has 2 rings (SSSR count). The van der Waals surface area contributed by atoms with Gasteiger partial charge in [-0.3, -0.25) is 13.9 Å². The summed E-state index contributed by atoms with van der Waals surface area (Å²) in [5.74, 6) is 0.420. The fraction of sp³-hybridized carbons (Fsp3) is 0.688. The monoisotopic (exact) mass is 319 g/mol. The molecular formula is C16H25N5O2. The lowest BCUT2D eigenvalue weighted by Gasteiger charge is -2.39. The van der Waals surface area contributed by atoms with Crippen molar-refractivity contribution in [2.75, 3.05) is 25.0 Å². The van der Waals surface area contributed by atoms with E-state index in [0.717, 1.165) is 30.5 Å². The highest BCUT2D eigenvalue weighted by Gasteiger charge is 2.28. The average molecular weight is 319 g/mol. The Bertz CT molecular complexity index is 733. The zero-order chi connectivity index (χ0) is 17.3. The van der Waals surface area contributed by atoms with Crippen LogP contribution < -0.4 is 16.1 Å². The molecule has 1 fully saturated rings. The van der Waals surface area contributed by atoms with E-state index in [1.807, 2.05) is 18.0 Å². The van der Waals surface area contributed by atoms with Gasteiger partial charge in [-0.05, 0) is 26.7 Å². The van der Waals surface area contributed by atoms with E-state index in [-0.39, 0.29) is 11.6 Å². The first-order valence-electron chi connectivity index (χ1n) is 7.96. The standard InChI is InChI=1S/C16H25N5O2/c1-11(2)21-8-6-12(7-9-21)18(3)14-13(10-17)15(22)20(5)16(23)19(14)4/h11-12H,6-9H2,1-5H3. The van der Waals surface area contributed by atoms with Crippen molar-refractivity contribution in [1.82, 2.24) is 14.0 Å². The van der Waals surface area contributed by atoms with Gasteiger partial charge >= 0.3 is 5.69 Å². The molecule has 0 amide bonds. The lowest BCUT2D eigenvalue weighted by Crippen LogP contribution is -2.48. The molecule has 2 heterocycles. The van der Waals surface area contributed by atoms with Gasteiger partial charge in [-0.1, -0.05) is 0 Å². The summed E-state index contributed by atoms with van der Waals surface area (Å²) in [5.41, 5.74) is -0.907. The Morgan fingerprint density at radius 3 is 2.22 bits per heavy atom. The third-order valence-corrected chi connectivity index (χ3v) is 4.86. The average Bonchev–Trinajstić information content (AvgIpc) is 2.55. The molecule has 1 aliphatic rings. The van der Waals surface area contributed by atoms with Crippen LogP contribution in [0.15, 0.2) is 9.59 Å². The fourth-order valence-corrected chi connectivity index (χ4v) is 3.31. The first-order valence-corrected chi connectivity index (χ1v) is 7.96. The van der Waals surface area contributed by atoms with E-state index in [0.29, 0.717) is 11.9 Å². The normalized spacial score (nSPS) is 16.6. The Morgan fingerprint density at radius 2 is 1.74 bits per heavy atom. The molecule has 0 aromatic carbocycles. The minimum absolute atomic E-state index is 0.0309. The third kappa shape index (κ3) is 3.04. The van der Waals surface area contributed by atoms with E-state index >= 15 is 0 Å². The first-order chi connectivity index (χ1) is 10.8. The molecule has 7 heteroatoms. The number of piperidine rings is 1. The smallest absolute Gasteiger partial charge is 0.332 e. The molecule has 1 saturated heterocycles. The molecule has 0 saturated carbocycles. The van der Waals surface area contributed by atoms with Crippen molar-refractivity contribution in [3.63, 3.8) is 0 Å². The molecule has 126 valence electrons. The van der Waals surface area contributed by atoms with Crippen LogP contribution in [0, 0.1) is 11.3 Å². The van der Waals surface area contributed by atoms with Gasteiger partial charge in [-0.25, -0.2) is 4.79 Å². The predicted octanol–water partition coefficient (Wildman–Crippen LogP) is 0.265. The summed E-state index contributed by atoms with van der Waals surface area (Å²) in [6.45, 7) is 6.32. The second-order valence-electron chi connectivity index (χ2n) is 6.49. The van der Waals surface area contributed by atoms with Crippen LogP contribution in [0.3, 0.4) is 0 Å². The van der Waals surface area contributed by atoms with Gasteiger partial charge < -0.3 is 9.80 Å². The summed E-state index contributed by atoms with van der Waals surface area (Å²) in [6, 6.07) is 2.71. The Labute approximate surface area is 136 Å². The summed E-state index contributed by atoms with van der Waals surface area (Å²) in [7, 11) is 4.87. The van der Waals surface area contributed by atoms with Crippen LogP contribution in [0.5, 0.6) is 0 Å². The highest BCUT2D eigenvalue weighted by molar-refractivity contribution is 5.53. The molecule has 0 radical (unpaired) electrons. The molecule has 1 aromatic heterocycles. The van der Waals surface area contributed by atoms with Gasteiger partial charge in [0.25, 0.3) is 5.56 Å². The largest absolute Gasteiger partial charge is 0.357 e. The van der Waals surface area contributed by atoms with E-state index in [2.05, 4.69) is 18.7 Å². The van der Waals surface area contributed by atoms with Gasteiger partial charge in [-0.2, -0.15) is 5.26 Å². The van der Waals surface area contributed by atoms with E-state index in [1.165, 1.54) is 11.6 Å². The number of rotatable bonds is 3. The van der Waals surface area contributed by atoms with Crippen molar-refractivity contribution in [3.8, 4) is 6.07 Å². The van der Waals surface area contributed by atoms with Crippen LogP contribution in [-0.2, 0) is 14.1 Å². The van der Waals surface area contributed by atoms with Gasteiger partial charge in [-0.15, -0.1) is 0 Å². The minimum atomic E-state index is -0.530. The number of aromatic nitrogens is 2. The van der Waals surface area contributed by atoms with Crippen molar-refractivity contribution < 1.29 is 0 Å². The Morgan fingerprint density at radius 1 is 1.17 bits per heavy atom. The molecular weight excluding hydrogens is 294 g/mol. The Hall–Kier alpha value is -2.07. The van der Waals surface area contributed by atoms with E-state index in [1.54, 1.807) is 7.05 Å². The summed E-state index contributed by atoms with van der Waals surface area (Å²) in [4.78, 5) is 28.7. The molecule has 0 bridgehead atoms. The van der Waals surface area contributed by atoms with Crippen LogP contribution in [0.1, 0.15) is 32.3 Å².